The molecule has 0 saturated carbocycles. The molecule has 0 atom stereocenters. The van der Waals surface area contributed by atoms with Crippen LogP contribution in [0.5, 0.6) is 0 Å². The highest BCUT2D eigenvalue weighted by molar-refractivity contribution is 5.52. The summed E-state index contributed by atoms with van der Waals surface area (Å²) in [5.41, 5.74) is 1.01. The topological polar surface area (TPSA) is 23.9 Å². The van der Waals surface area contributed by atoms with Crippen molar-refractivity contribution >= 4 is 6.21 Å². The van der Waals surface area contributed by atoms with E-state index < -0.39 is 0 Å². The molecule has 0 saturated heterocycles. The van der Waals surface area contributed by atoms with Crippen LogP contribution in [0.2, 0.25) is 0 Å². The molecule has 2 heteroatoms. The van der Waals surface area contributed by atoms with Crippen LogP contribution < -0.4 is 0 Å². The van der Waals surface area contributed by atoms with Gasteiger partial charge in [0.15, 0.2) is 0 Å². The lowest BCUT2D eigenvalue weighted by Gasteiger charge is -1.98. The molecule has 0 radical (unpaired) electrons. The summed E-state index contributed by atoms with van der Waals surface area (Å²) >= 11 is 0. The molecule has 1 aromatic carbocycles. The van der Waals surface area contributed by atoms with Gasteiger partial charge in [-0.05, 0) is 43.2 Å². The second-order valence-electron chi connectivity index (χ2n) is 2.73. The Morgan fingerprint density at radius 1 is 1.42 bits per heavy atom. The molecule has 1 N–H and O–H groups in total. The minimum atomic E-state index is -0.178. The van der Waals surface area contributed by atoms with Crippen molar-refractivity contribution in [2.45, 2.75) is 19.3 Å². The Morgan fingerprint density at radius 2 is 2.25 bits per heavy atom. The first-order chi connectivity index (χ1) is 5.83. The van der Waals surface area contributed by atoms with Gasteiger partial charge >= 0.3 is 0 Å². The molecule has 0 amide bonds. The van der Waals surface area contributed by atoms with Crippen molar-refractivity contribution in [3.05, 3.63) is 35.6 Å². The second kappa shape index (κ2) is 4.65. The number of unbranched alkanes of at least 4 members (excludes halogenated alkanes) is 1. The van der Waals surface area contributed by atoms with Crippen LogP contribution in [0.25, 0.3) is 0 Å². The predicted molar refractivity (Wildman–Crippen MR) is 48.1 cm³/mol. The van der Waals surface area contributed by atoms with Gasteiger partial charge in [-0.2, -0.15) is 0 Å². The van der Waals surface area contributed by atoms with E-state index in [4.69, 9.17) is 5.41 Å². The third-order valence-electron chi connectivity index (χ3n) is 1.70. The average Bonchev–Trinajstić information content (AvgIpc) is 2.05. The monoisotopic (exact) mass is 165 g/mol. The van der Waals surface area contributed by atoms with Crippen molar-refractivity contribution in [1.29, 1.82) is 5.41 Å². The predicted octanol–water partition coefficient (Wildman–Crippen LogP) is 2.80. The Labute approximate surface area is 71.7 Å². The summed E-state index contributed by atoms with van der Waals surface area (Å²) in [5, 5.41) is 6.81. The van der Waals surface area contributed by atoms with Crippen molar-refractivity contribution < 1.29 is 4.39 Å². The summed E-state index contributed by atoms with van der Waals surface area (Å²) in [7, 11) is 0. The largest absolute Gasteiger partial charge is 0.313 e. The van der Waals surface area contributed by atoms with Gasteiger partial charge in [0.25, 0.3) is 0 Å². The van der Waals surface area contributed by atoms with Crippen molar-refractivity contribution in [2.24, 2.45) is 0 Å². The van der Waals surface area contributed by atoms with E-state index in [-0.39, 0.29) is 5.82 Å². The number of hydrogen-bond acceptors (Lipinski definition) is 1. The Bertz CT molecular complexity index is 258. The van der Waals surface area contributed by atoms with E-state index in [0.29, 0.717) is 0 Å². The van der Waals surface area contributed by atoms with Gasteiger partial charge in [0.1, 0.15) is 5.82 Å². The summed E-state index contributed by atoms with van der Waals surface area (Å²) in [5.74, 6) is -0.178. The third-order valence-corrected chi connectivity index (χ3v) is 1.70. The van der Waals surface area contributed by atoms with Crippen molar-refractivity contribution in [3.63, 3.8) is 0 Å². The molecule has 1 rings (SSSR count). The molecule has 0 aliphatic rings. The SMILES string of the molecule is N=CCCCc1cccc(F)c1. The lowest BCUT2D eigenvalue weighted by atomic mass is 10.1. The molecular formula is C10H12FN. The van der Waals surface area contributed by atoms with E-state index in [1.807, 2.05) is 6.07 Å². The lowest BCUT2D eigenvalue weighted by Crippen LogP contribution is -1.86. The zero-order chi connectivity index (χ0) is 8.81. The van der Waals surface area contributed by atoms with Crippen LogP contribution in [0.3, 0.4) is 0 Å². The van der Waals surface area contributed by atoms with Crippen LogP contribution in [0, 0.1) is 11.2 Å². The van der Waals surface area contributed by atoms with E-state index in [2.05, 4.69) is 0 Å². The first-order valence-electron chi connectivity index (χ1n) is 4.06. The number of aryl methyl sites for hydroxylation is 1. The zero-order valence-corrected chi connectivity index (χ0v) is 6.89. The highest BCUT2D eigenvalue weighted by Crippen LogP contribution is 2.06. The average molecular weight is 165 g/mol. The van der Waals surface area contributed by atoms with E-state index >= 15 is 0 Å². The molecule has 1 aromatic rings. The summed E-state index contributed by atoms with van der Waals surface area (Å²) in [6.45, 7) is 0. The molecule has 0 spiro atoms. The molecule has 0 aliphatic carbocycles. The highest BCUT2D eigenvalue weighted by atomic mass is 19.1. The maximum absolute atomic E-state index is 12.6. The van der Waals surface area contributed by atoms with Crippen molar-refractivity contribution in [3.8, 4) is 0 Å². The second-order valence-corrected chi connectivity index (χ2v) is 2.73. The quantitative estimate of drug-likeness (QED) is 0.524. The van der Waals surface area contributed by atoms with Gasteiger partial charge in [0.05, 0.1) is 0 Å². The number of rotatable bonds is 4. The van der Waals surface area contributed by atoms with Gasteiger partial charge in [0, 0.05) is 0 Å². The molecule has 0 unspecified atom stereocenters. The van der Waals surface area contributed by atoms with Crippen molar-refractivity contribution in [2.75, 3.05) is 0 Å². The Balaban J connectivity index is 2.46. The van der Waals surface area contributed by atoms with Crippen LogP contribution >= 0.6 is 0 Å². The first kappa shape index (κ1) is 8.91. The molecule has 0 heterocycles. The molecule has 0 bridgehead atoms. The first-order valence-corrected chi connectivity index (χ1v) is 4.06. The number of nitrogens with one attached hydrogen (secondary N) is 1. The van der Waals surface area contributed by atoms with Crippen LogP contribution in [-0.4, -0.2) is 6.21 Å². The van der Waals surface area contributed by atoms with Crippen LogP contribution in [0.15, 0.2) is 24.3 Å². The fraction of sp³-hybridized carbons (Fsp3) is 0.300. The normalized spacial score (nSPS) is 9.75. The lowest BCUT2D eigenvalue weighted by molar-refractivity contribution is 0.625. The summed E-state index contributed by atoms with van der Waals surface area (Å²) < 4.78 is 12.6. The maximum Gasteiger partial charge on any atom is 0.123 e. The number of halogens is 1. The molecule has 1 nitrogen and oxygen atoms in total. The third kappa shape index (κ3) is 2.82. The maximum atomic E-state index is 12.6. The Morgan fingerprint density at radius 3 is 2.92 bits per heavy atom. The van der Waals surface area contributed by atoms with E-state index in [9.17, 15) is 4.39 Å². The molecule has 12 heavy (non-hydrogen) atoms. The Kier molecular flexibility index (Phi) is 3.45. The fourth-order valence-corrected chi connectivity index (χ4v) is 1.10. The van der Waals surface area contributed by atoms with Crippen molar-refractivity contribution in [1.82, 2.24) is 0 Å². The van der Waals surface area contributed by atoms with Crippen LogP contribution in [-0.2, 0) is 6.42 Å². The summed E-state index contributed by atoms with van der Waals surface area (Å²) in [6, 6.07) is 6.62. The van der Waals surface area contributed by atoms with Crippen LogP contribution in [0.1, 0.15) is 18.4 Å². The van der Waals surface area contributed by atoms with E-state index in [1.54, 1.807) is 12.1 Å². The molecule has 0 aromatic heterocycles. The summed E-state index contributed by atoms with van der Waals surface area (Å²) in [6.07, 6.45) is 3.94. The van der Waals surface area contributed by atoms with Gasteiger partial charge in [-0.25, -0.2) is 4.39 Å². The van der Waals surface area contributed by atoms with Gasteiger partial charge in [-0.3, -0.25) is 0 Å². The Hall–Kier alpha value is -1.18. The minimum absolute atomic E-state index is 0.178. The van der Waals surface area contributed by atoms with Gasteiger partial charge < -0.3 is 5.41 Å². The standard InChI is InChI=1S/C10H12FN/c11-10-6-3-5-9(8-10)4-1-2-7-12/h3,5-8,12H,1-2,4H2. The van der Waals surface area contributed by atoms with Gasteiger partial charge in [0.2, 0.25) is 0 Å². The molecular weight excluding hydrogens is 153 g/mol. The van der Waals surface area contributed by atoms with E-state index in [0.717, 1.165) is 24.8 Å². The molecule has 0 aliphatic heterocycles. The number of hydrogen-bond donors (Lipinski definition) is 1. The molecule has 0 fully saturated rings. The van der Waals surface area contributed by atoms with Gasteiger partial charge in [-0.15, -0.1) is 0 Å². The molecule has 64 valence electrons. The zero-order valence-electron chi connectivity index (χ0n) is 6.89. The highest BCUT2D eigenvalue weighted by Gasteiger charge is 1.93. The van der Waals surface area contributed by atoms with Gasteiger partial charge in [-0.1, -0.05) is 12.1 Å². The number of benzene rings is 1. The van der Waals surface area contributed by atoms with E-state index in [1.165, 1.54) is 12.3 Å². The fourth-order valence-electron chi connectivity index (χ4n) is 1.10. The minimum Gasteiger partial charge on any atom is -0.313 e. The summed E-state index contributed by atoms with van der Waals surface area (Å²) in [4.78, 5) is 0. The van der Waals surface area contributed by atoms with Crippen LogP contribution in [0.4, 0.5) is 4.39 Å². The smallest absolute Gasteiger partial charge is 0.123 e.